The first kappa shape index (κ1) is 13.6. The minimum absolute atomic E-state index is 0.0423. The van der Waals surface area contributed by atoms with Gasteiger partial charge in [0.2, 0.25) is 0 Å². The van der Waals surface area contributed by atoms with Crippen LogP contribution in [0.5, 0.6) is 0 Å². The largest absolute Gasteiger partial charge is 0.397 e. The highest BCUT2D eigenvalue weighted by Gasteiger charge is 2.25. The molecule has 0 bridgehead atoms. The molecule has 0 spiro atoms. The maximum atomic E-state index is 13.0. The Bertz CT molecular complexity index is 388. The molecule has 0 atom stereocenters. The van der Waals surface area contributed by atoms with E-state index in [1.165, 1.54) is 6.07 Å². The van der Waals surface area contributed by atoms with Crippen molar-refractivity contribution in [1.29, 1.82) is 0 Å². The van der Waals surface area contributed by atoms with Crippen LogP contribution in [0.4, 0.5) is 28.9 Å². The Kier molecular flexibility index (Phi) is 4.20. The van der Waals surface area contributed by atoms with Gasteiger partial charge in [-0.2, -0.15) is 13.2 Å². The normalized spacial score (nSPS) is 11.6. The molecule has 0 aromatic heterocycles. The van der Waals surface area contributed by atoms with Crippen LogP contribution in [0.1, 0.15) is 18.4 Å². The lowest BCUT2D eigenvalue weighted by Crippen LogP contribution is -2.11. The van der Waals surface area contributed by atoms with E-state index < -0.39 is 18.4 Å². The van der Waals surface area contributed by atoms with Crippen LogP contribution < -0.4 is 11.1 Å². The fourth-order valence-corrected chi connectivity index (χ4v) is 1.36. The summed E-state index contributed by atoms with van der Waals surface area (Å²) >= 11 is 0. The minimum Gasteiger partial charge on any atom is -0.397 e. The third-order valence-electron chi connectivity index (χ3n) is 2.28. The quantitative estimate of drug-likeness (QED) is 0.488. The molecule has 0 radical (unpaired) electrons. The third kappa shape index (κ3) is 4.50. The van der Waals surface area contributed by atoms with Crippen molar-refractivity contribution in [2.45, 2.75) is 25.9 Å². The van der Waals surface area contributed by atoms with E-state index in [0.717, 1.165) is 6.07 Å². The molecule has 0 heterocycles. The number of benzene rings is 1. The smallest absolute Gasteiger partial charge is 0.389 e. The van der Waals surface area contributed by atoms with Gasteiger partial charge in [0.05, 0.1) is 11.4 Å². The van der Waals surface area contributed by atoms with Crippen molar-refractivity contribution in [2.75, 3.05) is 17.6 Å². The second kappa shape index (κ2) is 5.25. The monoisotopic (exact) mass is 250 g/mol. The highest BCUT2D eigenvalue weighted by Crippen LogP contribution is 2.24. The predicted molar refractivity (Wildman–Crippen MR) is 59.3 cm³/mol. The molecule has 0 saturated carbocycles. The first-order valence-corrected chi connectivity index (χ1v) is 5.16. The number of alkyl halides is 3. The van der Waals surface area contributed by atoms with Crippen LogP contribution in [0.25, 0.3) is 0 Å². The molecule has 1 rings (SSSR count). The van der Waals surface area contributed by atoms with E-state index in [1.807, 2.05) is 0 Å². The molecular weight excluding hydrogens is 236 g/mol. The van der Waals surface area contributed by atoms with Crippen LogP contribution in [0, 0.1) is 12.7 Å². The number of hydrogen-bond donors (Lipinski definition) is 2. The zero-order chi connectivity index (χ0) is 13.1. The van der Waals surface area contributed by atoms with Crippen LogP contribution in [-0.2, 0) is 0 Å². The highest BCUT2D eigenvalue weighted by molar-refractivity contribution is 5.67. The molecule has 0 saturated heterocycles. The first-order valence-electron chi connectivity index (χ1n) is 5.16. The molecule has 3 N–H and O–H groups in total. The van der Waals surface area contributed by atoms with Gasteiger partial charge in [-0.05, 0) is 31.0 Å². The zero-order valence-corrected chi connectivity index (χ0v) is 9.37. The number of nitrogen functional groups attached to an aromatic ring is 1. The SMILES string of the molecule is Cc1cc(NCCCC(F)(F)F)c(N)cc1F. The molecule has 6 heteroatoms. The average Bonchev–Trinajstić information content (AvgIpc) is 2.18. The van der Waals surface area contributed by atoms with E-state index in [9.17, 15) is 17.6 Å². The minimum atomic E-state index is -4.15. The Labute approximate surface area is 96.8 Å². The summed E-state index contributed by atoms with van der Waals surface area (Å²) < 4.78 is 48.7. The van der Waals surface area contributed by atoms with Crippen molar-refractivity contribution < 1.29 is 17.6 Å². The molecule has 2 nitrogen and oxygen atoms in total. The molecule has 96 valence electrons. The second-order valence-corrected chi connectivity index (χ2v) is 3.83. The van der Waals surface area contributed by atoms with Gasteiger partial charge in [0.15, 0.2) is 0 Å². The predicted octanol–water partition coefficient (Wildman–Crippen LogP) is 3.47. The molecule has 0 aliphatic carbocycles. The van der Waals surface area contributed by atoms with Crippen LogP contribution in [0.2, 0.25) is 0 Å². The van der Waals surface area contributed by atoms with Crippen molar-refractivity contribution >= 4 is 11.4 Å². The summed E-state index contributed by atoms with van der Waals surface area (Å²) in [7, 11) is 0. The van der Waals surface area contributed by atoms with Gasteiger partial charge in [-0.15, -0.1) is 0 Å². The zero-order valence-electron chi connectivity index (χ0n) is 9.37. The molecule has 1 aromatic rings. The lowest BCUT2D eigenvalue weighted by molar-refractivity contribution is -0.134. The molecular formula is C11H14F4N2. The summed E-state index contributed by atoms with van der Waals surface area (Å²) in [5.74, 6) is -0.427. The van der Waals surface area contributed by atoms with Gasteiger partial charge in [0, 0.05) is 13.0 Å². The van der Waals surface area contributed by atoms with Gasteiger partial charge in [0.1, 0.15) is 5.82 Å². The first-order chi connectivity index (χ1) is 7.79. The van der Waals surface area contributed by atoms with Gasteiger partial charge in [-0.25, -0.2) is 4.39 Å². The van der Waals surface area contributed by atoms with E-state index in [2.05, 4.69) is 5.32 Å². The van der Waals surface area contributed by atoms with Gasteiger partial charge >= 0.3 is 6.18 Å². The summed E-state index contributed by atoms with van der Waals surface area (Å²) in [6.45, 7) is 1.71. The third-order valence-corrected chi connectivity index (χ3v) is 2.28. The number of anilines is 2. The maximum Gasteiger partial charge on any atom is 0.389 e. The number of rotatable bonds is 4. The summed E-state index contributed by atoms with van der Waals surface area (Å²) in [5, 5.41) is 2.76. The Hall–Kier alpha value is -1.46. The van der Waals surface area contributed by atoms with Crippen LogP contribution in [0.3, 0.4) is 0 Å². The fourth-order valence-electron chi connectivity index (χ4n) is 1.36. The Morgan fingerprint density at radius 3 is 2.53 bits per heavy atom. The molecule has 1 aromatic carbocycles. The molecule has 0 fully saturated rings. The van der Waals surface area contributed by atoms with E-state index in [4.69, 9.17) is 5.73 Å². The number of halogens is 4. The Morgan fingerprint density at radius 2 is 1.94 bits per heavy atom. The number of aryl methyl sites for hydroxylation is 1. The van der Waals surface area contributed by atoms with Crippen molar-refractivity contribution in [1.82, 2.24) is 0 Å². The fraction of sp³-hybridized carbons (Fsp3) is 0.455. The van der Waals surface area contributed by atoms with Gasteiger partial charge < -0.3 is 11.1 Å². The summed E-state index contributed by atoms with van der Waals surface area (Å²) in [4.78, 5) is 0. The maximum absolute atomic E-state index is 13.0. The number of hydrogen-bond acceptors (Lipinski definition) is 2. The van der Waals surface area contributed by atoms with Gasteiger partial charge in [0.25, 0.3) is 0 Å². The van der Waals surface area contributed by atoms with Crippen molar-refractivity contribution in [2.24, 2.45) is 0 Å². The van der Waals surface area contributed by atoms with Crippen molar-refractivity contribution in [3.63, 3.8) is 0 Å². The van der Waals surface area contributed by atoms with Crippen LogP contribution in [0.15, 0.2) is 12.1 Å². The average molecular weight is 250 g/mol. The van der Waals surface area contributed by atoms with Crippen LogP contribution in [-0.4, -0.2) is 12.7 Å². The van der Waals surface area contributed by atoms with Gasteiger partial charge in [-0.3, -0.25) is 0 Å². The summed E-state index contributed by atoms with van der Waals surface area (Å²) in [5.41, 5.74) is 6.59. The van der Waals surface area contributed by atoms with Crippen molar-refractivity contribution in [3.8, 4) is 0 Å². The lowest BCUT2D eigenvalue weighted by atomic mass is 10.1. The number of nitrogens with one attached hydrogen (secondary N) is 1. The molecule has 0 aliphatic rings. The highest BCUT2D eigenvalue weighted by atomic mass is 19.4. The molecule has 0 aliphatic heterocycles. The number of nitrogens with two attached hydrogens (primary N) is 1. The molecule has 0 unspecified atom stereocenters. The molecule has 0 amide bonds. The van der Waals surface area contributed by atoms with E-state index in [0.29, 0.717) is 11.3 Å². The van der Waals surface area contributed by atoms with Gasteiger partial charge in [-0.1, -0.05) is 0 Å². The summed E-state index contributed by atoms with van der Waals surface area (Å²) in [6.07, 6.45) is -5.04. The van der Waals surface area contributed by atoms with Crippen LogP contribution >= 0.6 is 0 Å². The Morgan fingerprint density at radius 1 is 1.29 bits per heavy atom. The second-order valence-electron chi connectivity index (χ2n) is 3.83. The molecule has 17 heavy (non-hydrogen) atoms. The Balaban J connectivity index is 2.50. The van der Waals surface area contributed by atoms with Crippen molar-refractivity contribution in [3.05, 3.63) is 23.5 Å². The topological polar surface area (TPSA) is 38.0 Å². The van der Waals surface area contributed by atoms with E-state index >= 15 is 0 Å². The lowest BCUT2D eigenvalue weighted by Gasteiger charge is -2.11. The standard InChI is InChI=1S/C11H14F4N2/c1-7-5-10(9(16)6-8(7)12)17-4-2-3-11(13,14)15/h5-6,17H,2-4,16H2,1H3. The summed E-state index contributed by atoms with van der Waals surface area (Å²) in [6, 6.07) is 2.64. The van der Waals surface area contributed by atoms with E-state index in [1.54, 1.807) is 6.92 Å². The van der Waals surface area contributed by atoms with E-state index in [-0.39, 0.29) is 18.7 Å².